The Morgan fingerprint density at radius 3 is 2.48 bits per heavy atom. The van der Waals surface area contributed by atoms with Gasteiger partial charge in [0.05, 0.1) is 13.0 Å². The highest BCUT2D eigenvalue weighted by Gasteiger charge is 2.18. The number of methoxy groups -OCH3 is 1. The lowest BCUT2D eigenvalue weighted by Crippen LogP contribution is -2.44. The first-order valence-electron chi connectivity index (χ1n) is 11.1. The molecule has 2 aromatic carbocycles. The number of hydrogen-bond acceptors (Lipinski definition) is 5. The van der Waals surface area contributed by atoms with E-state index in [0.717, 1.165) is 42.9 Å². The van der Waals surface area contributed by atoms with Gasteiger partial charge in [0, 0.05) is 49.7 Å². The molecule has 0 radical (unpaired) electrons. The monoisotopic (exact) mass is 448 g/mol. The van der Waals surface area contributed by atoms with Crippen LogP contribution in [0.15, 0.2) is 60.8 Å². The second-order valence-electron chi connectivity index (χ2n) is 8.37. The third kappa shape index (κ3) is 5.31. The molecule has 33 heavy (non-hydrogen) atoms. The van der Waals surface area contributed by atoms with Crippen LogP contribution in [0.25, 0.3) is 11.1 Å². The largest absolute Gasteiger partial charge is 0.496 e. The number of nitrogens with one attached hydrogen (secondary N) is 1. The molecule has 1 aromatic heterocycles. The fourth-order valence-corrected chi connectivity index (χ4v) is 3.99. The average molecular weight is 449 g/mol. The van der Waals surface area contributed by atoms with Crippen LogP contribution in [-0.4, -0.2) is 56.1 Å². The van der Waals surface area contributed by atoms with E-state index in [1.54, 1.807) is 24.4 Å². The number of piperazine rings is 1. The van der Waals surface area contributed by atoms with Crippen LogP contribution in [-0.2, 0) is 4.79 Å². The maximum absolute atomic E-state index is 13.5. The number of halogens is 1. The van der Waals surface area contributed by atoms with Gasteiger partial charge in [0.25, 0.3) is 0 Å². The predicted molar refractivity (Wildman–Crippen MR) is 129 cm³/mol. The number of nitrogens with zero attached hydrogens (tertiary/aromatic N) is 3. The molecule has 2 heterocycles. The Bertz CT molecular complexity index is 1110. The zero-order chi connectivity index (χ0) is 23.4. The SMILES string of the molecule is COc1cc(F)ccc1-c1ccnc(NC(=O)C(C)c2ccc(N3CCN(C)CC3)cc2)c1. The summed E-state index contributed by atoms with van der Waals surface area (Å²) in [6.45, 7) is 6.00. The van der Waals surface area contributed by atoms with Crippen molar-refractivity contribution in [3.8, 4) is 16.9 Å². The van der Waals surface area contributed by atoms with Gasteiger partial charge in [0.2, 0.25) is 5.91 Å². The number of anilines is 2. The summed E-state index contributed by atoms with van der Waals surface area (Å²) in [5, 5.41) is 2.90. The average Bonchev–Trinajstić information content (AvgIpc) is 2.84. The molecule has 1 amide bonds. The summed E-state index contributed by atoms with van der Waals surface area (Å²) in [5.41, 5.74) is 3.63. The van der Waals surface area contributed by atoms with Gasteiger partial charge in [0.15, 0.2) is 0 Å². The molecular weight excluding hydrogens is 419 g/mol. The number of aromatic nitrogens is 1. The summed E-state index contributed by atoms with van der Waals surface area (Å²) < 4.78 is 18.8. The van der Waals surface area contributed by atoms with E-state index in [9.17, 15) is 9.18 Å². The Labute approximate surface area is 194 Å². The summed E-state index contributed by atoms with van der Waals surface area (Å²) in [7, 11) is 3.64. The summed E-state index contributed by atoms with van der Waals surface area (Å²) >= 11 is 0. The fourth-order valence-electron chi connectivity index (χ4n) is 3.99. The van der Waals surface area contributed by atoms with Crippen LogP contribution in [0.1, 0.15) is 18.4 Å². The molecule has 1 aliphatic rings. The fraction of sp³-hybridized carbons (Fsp3) is 0.308. The quantitative estimate of drug-likeness (QED) is 0.606. The predicted octanol–water partition coefficient (Wildman–Crippen LogP) is 4.39. The normalized spacial score (nSPS) is 15.2. The highest BCUT2D eigenvalue weighted by molar-refractivity contribution is 5.95. The molecule has 1 N–H and O–H groups in total. The van der Waals surface area contributed by atoms with E-state index in [4.69, 9.17) is 4.74 Å². The molecule has 1 atom stereocenters. The van der Waals surface area contributed by atoms with E-state index < -0.39 is 0 Å². The Hall–Kier alpha value is -3.45. The van der Waals surface area contributed by atoms with Gasteiger partial charge in [-0.25, -0.2) is 9.37 Å². The molecular formula is C26H29FN4O2. The van der Waals surface area contributed by atoms with Gasteiger partial charge in [0.1, 0.15) is 17.4 Å². The summed E-state index contributed by atoms with van der Waals surface area (Å²) in [6.07, 6.45) is 1.61. The number of likely N-dealkylation sites (N-methyl/N-ethyl adjacent to an activating group) is 1. The minimum atomic E-state index is -0.370. The number of carbonyl (C=O) groups is 1. The smallest absolute Gasteiger partial charge is 0.232 e. The van der Waals surface area contributed by atoms with Crippen LogP contribution in [0, 0.1) is 5.82 Å². The van der Waals surface area contributed by atoms with Gasteiger partial charge >= 0.3 is 0 Å². The first-order chi connectivity index (χ1) is 15.9. The Balaban J connectivity index is 1.44. The van der Waals surface area contributed by atoms with E-state index in [1.165, 1.54) is 24.9 Å². The van der Waals surface area contributed by atoms with Crippen molar-refractivity contribution >= 4 is 17.4 Å². The zero-order valence-corrected chi connectivity index (χ0v) is 19.2. The molecule has 7 heteroatoms. The van der Waals surface area contributed by atoms with Crippen molar-refractivity contribution in [3.05, 3.63) is 72.2 Å². The number of pyridine rings is 1. The highest BCUT2D eigenvalue weighted by Crippen LogP contribution is 2.31. The maximum Gasteiger partial charge on any atom is 0.232 e. The topological polar surface area (TPSA) is 57.7 Å². The van der Waals surface area contributed by atoms with Gasteiger partial charge in [-0.1, -0.05) is 12.1 Å². The third-order valence-corrected chi connectivity index (χ3v) is 6.14. The minimum Gasteiger partial charge on any atom is -0.496 e. The lowest BCUT2D eigenvalue weighted by molar-refractivity contribution is -0.117. The lowest BCUT2D eigenvalue weighted by Gasteiger charge is -2.34. The van der Waals surface area contributed by atoms with Gasteiger partial charge in [-0.3, -0.25) is 4.79 Å². The van der Waals surface area contributed by atoms with Crippen molar-refractivity contribution in [1.29, 1.82) is 0 Å². The van der Waals surface area contributed by atoms with Gasteiger partial charge in [-0.15, -0.1) is 0 Å². The standard InChI is InChI=1S/C26H29FN4O2/c1-18(19-4-7-22(8-5-19)31-14-12-30(2)13-15-31)26(32)29-25-16-20(10-11-28-25)23-9-6-21(27)17-24(23)33-3/h4-11,16-18H,12-15H2,1-3H3,(H,28,29,32). The van der Waals surface area contributed by atoms with Crippen molar-refractivity contribution in [3.63, 3.8) is 0 Å². The molecule has 1 fully saturated rings. The van der Waals surface area contributed by atoms with Crippen molar-refractivity contribution in [2.45, 2.75) is 12.8 Å². The third-order valence-electron chi connectivity index (χ3n) is 6.14. The van der Waals surface area contributed by atoms with E-state index in [0.29, 0.717) is 11.6 Å². The van der Waals surface area contributed by atoms with Crippen LogP contribution >= 0.6 is 0 Å². The molecule has 1 saturated heterocycles. The first kappa shape index (κ1) is 22.7. The van der Waals surface area contributed by atoms with Crippen molar-refractivity contribution in [2.75, 3.05) is 50.6 Å². The number of carbonyl (C=O) groups excluding carboxylic acids is 1. The van der Waals surface area contributed by atoms with Crippen LogP contribution in [0.3, 0.4) is 0 Å². The Morgan fingerprint density at radius 2 is 1.79 bits per heavy atom. The van der Waals surface area contributed by atoms with E-state index >= 15 is 0 Å². The van der Waals surface area contributed by atoms with Crippen molar-refractivity contribution < 1.29 is 13.9 Å². The molecule has 4 rings (SSSR count). The number of ether oxygens (including phenoxy) is 1. The summed E-state index contributed by atoms with van der Waals surface area (Å²) in [4.78, 5) is 21.9. The molecule has 0 bridgehead atoms. The lowest BCUT2D eigenvalue weighted by atomic mass is 9.99. The molecule has 172 valence electrons. The molecule has 0 aliphatic carbocycles. The van der Waals surface area contributed by atoms with E-state index in [1.807, 2.05) is 19.1 Å². The molecule has 0 saturated carbocycles. The van der Waals surface area contributed by atoms with Crippen LogP contribution in [0.2, 0.25) is 0 Å². The highest BCUT2D eigenvalue weighted by atomic mass is 19.1. The molecule has 1 aliphatic heterocycles. The number of rotatable bonds is 6. The van der Waals surface area contributed by atoms with Crippen molar-refractivity contribution in [1.82, 2.24) is 9.88 Å². The summed E-state index contributed by atoms with van der Waals surface area (Å²) in [5.74, 6) is 0.0122. The second kappa shape index (κ2) is 10.0. The molecule has 0 spiro atoms. The van der Waals surface area contributed by atoms with Gasteiger partial charge in [-0.2, -0.15) is 0 Å². The van der Waals surface area contributed by atoms with Gasteiger partial charge in [-0.05, 0) is 61.5 Å². The zero-order valence-electron chi connectivity index (χ0n) is 19.2. The number of benzene rings is 2. The first-order valence-corrected chi connectivity index (χ1v) is 11.1. The second-order valence-corrected chi connectivity index (χ2v) is 8.37. The van der Waals surface area contributed by atoms with Crippen molar-refractivity contribution in [2.24, 2.45) is 0 Å². The number of amides is 1. The van der Waals surface area contributed by atoms with Crippen LogP contribution < -0.4 is 15.0 Å². The van der Waals surface area contributed by atoms with Gasteiger partial charge < -0.3 is 19.9 Å². The number of hydrogen-bond donors (Lipinski definition) is 1. The van der Waals surface area contributed by atoms with E-state index in [2.05, 4.69) is 39.3 Å². The van der Waals surface area contributed by atoms with Crippen LogP contribution in [0.5, 0.6) is 5.75 Å². The summed E-state index contributed by atoms with van der Waals surface area (Å²) in [6, 6.07) is 16.1. The molecule has 6 nitrogen and oxygen atoms in total. The molecule has 1 unspecified atom stereocenters. The Kier molecular flexibility index (Phi) is 6.89. The van der Waals surface area contributed by atoms with Crippen LogP contribution in [0.4, 0.5) is 15.9 Å². The maximum atomic E-state index is 13.5. The van der Waals surface area contributed by atoms with E-state index in [-0.39, 0.29) is 17.6 Å². The Morgan fingerprint density at radius 1 is 1.06 bits per heavy atom. The minimum absolute atomic E-state index is 0.141. The molecule has 3 aromatic rings.